The van der Waals surface area contributed by atoms with Crippen LogP contribution in [0.1, 0.15) is 20.7 Å². The molecule has 0 N–H and O–H groups in total. The molecule has 1 aromatic heterocycles. The summed E-state index contributed by atoms with van der Waals surface area (Å²) in [4.78, 5) is 24.5. The summed E-state index contributed by atoms with van der Waals surface area (Å²) < 4.78 is 6.29. The van der Waals surface area contributed by atoms with E-state index in [-0.39, 0.29) is 12.3 Å². The van der Waals surface area contributed by atoms with Crippen LogP contribution in [0.4, 0.5) is 0 Å². The van der Waals surface area contributed by atoms with Gasteiger partial charge in [0.15, 0.2) is 0 Å². The molecule has 0 saturated carbocycles. The lowest BCUT2D eigenvalue weighted by Crippen LogP contribution is -2.12. The van der Waals surface area contributed by atoms with Gasteiger partial charge in [0, 0.05) is 16.6 Å². The van der Waals surface area contributed by atoms with E-state index in [1.165, 1.54) is 17.9 Å². The molecule has 5 heteroatoms. The number of benzene rings is 2. The molecule has 0 saturated heterocycles. The number of fused-ring (bicyclic) bond motifs is 1. The number of halogens is 1. The Labute approximate surface area is 138 Å². The summed E-state index contributed by atoms with van der Waals surface area (Å²) in [7, 11) is 1.32. The van der Waals surface area contributed by atoms with Gasteiger partial charge in [-0.2, -0.15) is 0 Å². The first-order chi connectivity index (χ1) is 11.1. The third-order valence-corrected chi connectivity index (χ3v) is 3.91. The van der Waals surface area contributed by atoms with E-state index in [0.29, 0.717) is 21.5 Å². The van der Waals surface area contributed by atoms with E-state index in [2.05, 4.69) is 0 Å². The lowest BCUT2D eigenvalue weighted by atomic mass is 10.1. The Balaban J connectivity index is 2.00. The maximum atomic E-state index is 12.6. The molecule has 2 aromatic carbocycles. The van der Waals surface area contributed by atoms with Crippen LogP contribution in [-0.4, -0.2) is 23.6 Å². The number of carbonyl (C=O) groups excluding carboxylic acids is 2. The summed E-state index contributed by atoms with van der Waals surface area (Å²) in [6.07, 6.45) is 1.76. The molecule has 0 fully saturated rings. The number of hydrogen-bond acceptors (Lipinski definition) is 3. The molecule has 116 valence electrons. The number of methoxy groups -OCH3 is 1. The Morgan fingerprint density at radius 1 is 1.09 bits per heavy atom. The number of ether oxygens (including phenoxy) is 1. The van der Waals surface area contributed by atoms with Crippen molar-refractivity contribution >= 4 is 34.4 Å². The van der Waals surface area contributed by atoms with E-state index in [9.17, 15) is 9.59 Å². The van der Waals surface area contributed by atoms with E-state index in [0.717, 1.165) is 5.56 Å². The van der Waals surface area contributed by atoms with Crippen molar-refractivity contribution in [1.82, 2.24) is 4.57 Å². The first kappa shape index (κ1) is 15.3. The number of aromatic nitrogens is 1. The molecule has 0 amide bonds. The van der Waals surface area contributed by atoms with Gasteiger partial charge in [-0.15, -0.1) is 0 Å². The predicted molar refractivity (Wildman–Crippen MR) is 89.1 cm³/mol. The molecule has 0 bridgehead atoms. The van der Waals surface area contributed by atoms with Gasteiger partial charge in [-0.3, -0.25) is 9.36 Å². The fraction of sp³-hybridized carbons (Fsp3) is 0.111. The fourth-order valence-electron chi connectivity index (χ4n) is 2.52. The smallest absolute Gasteiger partial charge is 0.340 e. The minimum absolute atomic E-state index is 0.126. The zero-order valence-corrected chi connectivity index (χ0v) is 13.2. The van der Waals surface area contributed by atoms with Crippen LogP contribution in [0.15, 0.2) is 54.7 Å². The van der Waals surface area contributed by atoms with Gasteiger partial charge in [0.1, 0.15) is 0 Å². The van der Waals surface area contributed by atoms with E-state index in [1.807, 2.05) is 30.3 Å². The molecule has 0 radical (unpaired) electrons. The standard InChI is InChI=1S/C18H14ClNO3/c1-23-18(22)15-11-20(16-5-3-2-4-14(15)16)17(21)10-12-6-8-13(19)9-7-12/h2-9,11H,10H2,1H3. The highest BCUT2D eigenvalue weighted by Gasteiger charge is 2.18. The molecule has 0 unspecified atom stereocenters. The highest BCUT2D eigenvalue weighted by atomic mass is 35.5. The third-order valence-electron chi connectivity index (χ3n) is 3.65. The van der Waals surface area contributed by atoms with E-state index < -0.39 is 5.97 Å². The predicted octanol–water partition coefficient (Wildman–Crippen LogP) is 3.96. The number of nitrogens with zero attached hydrogens (tertiary/aromatic N) is 1. The van der Waals surface area contributed by atoms with Gasteiger partial charge in [0.25, 0.3) is 0 Å². The molecule has 0 aliphatic rings. The van der Waals surface area contributed by atoms with Crippen LogP contribution in [0.3, 0.4) is 0 Å². The van der Waals surface area contributed by atoms with Crippen LogP contribution in [0.5, 0.6) is 0 Å². The maximum Gasteiger partial charge on any atom is 0.340 e. The number of hydrogen-bond donors (Lipinski definition) is 0. The zero-order valence-electron chi connectivity index (χ0n) is 12.5. The molecule has 4 nitrogen and oxygen atoms in total. The SMILES string of the molecule is COC(=O)c1cn(C(=O)Cc2ccc(Cl)cc2)c2ccccc12. The summed E-state index contributed by atoms with van der Waals surface area (Å²) in [6, 6.07) is 14.4. The maximum absolute atomic E-state index is 12.6. The first-order valence-electron chi connectivity index (χ1n) is 7.06. The first-order valence-corrected chi connectivity index (χ1v) is 7.44. The topological polar surface area (TPSA) is 48.3 Å². The molecule has 0 aliphatic heterocycles. The van der Waals surface area contributed by atoms with Gasteiger partial charge in [-0.1, -0.05) is 41.9 Å². The van der Waals surface area contributed by atoms with Crippen LogP contribution in [0, 0.1) is 0 Å². The number of rotatable bonds is 3. The Bertz CT molecular complexity index is 881. The van der Waals surface area contributed by atoms with Gasteiger partial charge in [0.05, 0.1) is 24.6 Å². The van der Waals surface area contributed by atoms with E-state index in [1.54, 1.807) is 18.2 Å². The average molecular weight is 328 g/mol. The van der Waals surface area contributed by atoms with Crippen LogP contribution < -0.4 is 0 Å². The lowest BCUT2D eigenvalue weighted by Gasteiger charge is -2.04. The number of carbonyl (C=O) groups is 2. The van der Waals surface area contributed by atoms with Crippen molar-refractivity contribution in [1.29, 1.82) is 0 Å². The molecular weight excluding hydrogens is 314 g/mol. The fourth-order valence-corrected chi connectivity index (χ4v) is 2.65. The molecule has 1 heterocycles. The van der Waals surface area contributed by atoms with Crippen LogP contribution in [0.2, 0.25) is 5.02 Å². The van der Waals surface area contributed by atoms with Gasteiger partial charge < -0.3 is 4.74 Å². The molecule has 3 rings (SSSR count). The average Bonchev–Trinajstić information content (AvgIpc) is 2.96. The van der Waals surface area contributed by atoms with Crippen molar-refractivity contribution < 1.29 is 14.3 Å². The summed E-state index contributed by atoms with van der Waals surface area (Å²) in [6.45, 7) is 0. The molecule has 0 spiro atoms. The van der Waals surface area contributed by atoms with Crippen LogP contribution in [-0.2, 0) is 11.2 Å². The quantitative estimate of drug-likeness (QED) is 0.684. The molecule has 3 aromatic rings. The van der Waals surface area contributed by atoms with Gasteiger partial charge in [-0.05, 0) is 23.8 Å². The molecule has 0 atom stereocenters. The molecule has 23 heavy (non-hydrogen) atoms. The Hall–Kier alpha value is -2.59. The second-order valence-corrected chi connectivity index (χ2v) is 5.55. The zero-order chi connectivity index (χ0) is 16.4. The highest BCUT2D eigenvalue weighted by Crippen LogP contribution is 2.22. The minimum atomic E-state index is -0.459. The van der Waals surface area contributed by atoms with Crippen molar-refractivity contribution in [3.63, 3.8) is 0 Å². The van der Waals surface area contributed by atoms with Gasteiger partial charge >= 0.3 is 5.97 Å². The summed E-state index contributed by atoms with van der Waals surface area (Å²) in [5.74, 6) is -0.585. The van der Waals surface area contributed by atoms with Gasteiger partial charge in [0.2, 0.25) is 5.91 Å². The largest absolute Gasteiger partial charge is 0.465 e. The Morgan fingerprint density at radius 3 is 2.48 bits per heavy atom. The number of esters is 1. The van der Waals surface area contributed by atoms with Crippen molar-refractivity contribution in [2.24, 2.45) is 0 Å². The third kappa shape index (κ3) is 2.98. The monoisotopic (exact) mass is 327 g/mol. The van der Waals surface area contributed by atoms with E-state index >= 15 is 0 Å². The minimum Gasteiger partial charge on any atom is -0.465 e. The second-order valence-electron chi connectivity index (χ2n) is 5.12. The Kier molecular flexibility index (Phi) is 4.17. The van der Waals surface area contributed by atoms with Crippen molar-refractivity contribution in [2.45, 2.75) is 6.42 Å². The summed E-state index contributed by atoms with van der Waals surface area (Å²) >= 11 is 5.86. The summed E-state index contributed by atoms with van der Waals surface area (Å²) in [5.41, 5.74) is 1.93. The molecular formula is C18H14ClNO3. The lowest BCUT2D eigenvalue weighted by molar-refractivity contribution is 0.0603. The van der Waals surface area contributed by atoms with Crippen molar-refractivity contribution in [3.05, 3.63) is 70.9 Å². The van der Waals surface area contributed by atoms with E-state index in [4.69, 9.17) is 16.3 Å². The second kappa shape index (κ2) is 6.26. The summed E-state index contributed by atoms with van der Waals surface area (Å²) in [5, 5.41) is 1.32. The molecule has 0 aliphatic carbocycles. The normalized spacial score (nSPS) is 10.7. The Morgan fingerprint density at radius 2 is 1.78 bits per heavy atom. The van der Waals surface area contributed by atoms with Crippen molar-refractivity contribution in [2.75, 3.05) is 7.11 Å². The highest BCUT2D eigenvalue weighted by molar-refractivity contribution is 6.30. The number of para-hydroxylation sites is 1. The van der Waals surface area contributed by atoms with Gasteiger partial charge in [-0.25, -0.2) is 4.79 Å². The van der Waals surface area contributed by atoms with Crippen LogP contribution >= 0.6 is 11.6 Å². The van der Waals surface area contributed by atoms with Crippen molar-refractivity contribution in [3.8, 4) is 0 Å². The van der Waals surface area contributed by atoms with Crippen LogP contribution in [0.25, 0.3) is 10.9 Å².